The van der Waals surface area contributed by atoms with Gasteiger partial charge in [0.05, 0.1) is 5.56 Å². The van der Waals surface area contributed by atoms with Crippen LogP contribution in [0.3, 0.4) is 0 Å². The van der Waals surface area contributed by atoms with Crippen molar-refractivity contribution in [1.82, 2.24) is 4.98 Å². The van der Waals surface area contributed by atoms with Gasteiger partial charge in [0, 0.05) is 18.3 Å². The predicted octanol–water partition coefficient (Wildman–Crippen LogP) is 2.37. The molecule has 1 atom stereocenters. The van der Waals surface area contributed by atoms with Gasteiger partial charge >= 0.3 is 0 Å². The minimum absolute atomic E-state index is 0.130. The zero-order valence-electron chi connectivity index (χ0n) is 10.8. The third kappa shape index (κ3) is 3.30. The average Bonchev–Trinajstić information content (AvgIpc) is 2.46. The van der Waals surface area contributed by atoms with Crippen LogP contribution in [0.5, 0.6) is 0 Å². The van der Waals surface area contributed by atoms with Crippen LogP contribution in [-0.2, 0) is 0 Å². The molecule has 2 aromatic rings. The number of benzene rings is 1. The SMILES string of the molecule is Cc1ccc(C#N)c(NCC(N)c2ccccc2)n1. The summed E-state index contributed by atoms with van der Waals surface area (Å²) < 4.78 is 0. The van der Waals surface area contributed by atoms with Crippen LogP contribution >= 0.6 is 0 Å². The second-order valence-corrected chi connectivity index (χ2v) is 4.36. The molecule has 1 aromatic heterocycles. The Kier molecular flexibility index (Phi) is 4.11. The van der Waals surface area contributed by atoms with Crippen LogP contribution in [0.1, 0.15) is 22.9 Å². The Balaban J connectivity index is 2.07. The van der Waals surface area contributed by atoms with Crippen LogP contribution in [0.4, 0.5) is 5.82 Å². The number of nitrogens with two attached hydrogens (primary N) is 1. The molecule has 1 aromatic carbocycles. The highest BCUT2D eigenvalue weighted by molar-refractivity contribution is 5.52. The Labute approximate surface area is 112 Å². The number of nitrogens with one attached hydrogen (secondary N) is 1. The van der Waals surface area contributed by atoms with Crippen LogP contribution in [-0.4, -0.2) is 11.5 Å². The number of nitrogens with zero attached hydrogens (tertiary/aromatic N) is 2. The highest BCUT2D eigenvalue weighted by atomic mass is 15.0. The van der Waals surface area contributed by atoms with E-state index in [1.165, 1.54) is 0 Å². The van der Waals surface area contributed by atoms with Crippen molar-refractivity contribution < 1.29 is 0 Å². The summed E-state index contributed by atoms with van der Waals surface area (Å²) in [6.07, 6.45) is 0. The molecule has 1 unspecified atom stereocenters. The molecule has 3 N–H and O–H groups in total. The van der Waals surface area contributed by atoms with E-state index in [9.17, 15) is 0 Å². The summed E-state index contributed by atoms with van der Waals surface area (Å²) in [5.41, 5.74) is 8.56. The van der Waals surface area contributed by atoms with Crippen LogP contribution in [0, 0.1) is 18.3 Å². The second kappa shape index (κ2) is 5.98. The molecule has 2 rings (SSSR count). The first-order valence-electron chi connectivity index (χ1n) is 6.13. The molecule has 0 saturated carbocycles. The van der Waals surface area contributed by atoms with Gasteiger partial charge < -0.3 is 11.1 Å². The Morgan fingerprint density at radius 1 is 1.26 bits per heavy atom. The van der Waals surface area contributed by atoms with E-state index >= 15 is 0 Å². The van der Waals surface area contributed by atoms with Gasteiger partial charge in [-0.1, -0.05) is 30.3 Å². The van der Waals surface area contributed by atoms with Crippen LogP contribution < -0.4 is 11.1 Å². The van der Waals surface area contributed by atoms with Crippen molar-refractivity contribution in [3.63, 3.8) is 0 Å². The summed E-state index contributed by atoms with van der Waals surface area (Å²) in [5, 5.41) is 12.2. The molecule has 0 radical (unpaired) electrons. The van der Waals surface area contributed by atoms with E-state index in [1.807, 2.05) is 43.3 Å². The standard InChI is InChI=1S/C15H16N4/c1-11-7-8-13(9-16)15(19-11)18-10-14(17)12-5-3-2-4-6-12/h2-8,14H,10,17H2,1H3,(H,18,19). The summed E-state index contributed by atoms with van der Waals surface area (Å²) in [4.78, 5) is 4.32. The molecule has 4 nitrogen and oxygen atoms in total. The zero-order valence-corrected chi connectivity index (χ0v) is 10.8. The summed E-state index contributed by atoms with van der Waals surface area (Å²) in [7, 11) is 0. The van der Waals surface area contributed by atoms with Gasteiger partial charge in [0.15, 0.2) is 0 Å². The molecule has 4 heteroatoms. The largest absolute Gasteiger partial charge is 0.367 e. The van der Waals surface area contributed by atoms with Crippen LogP contribution in [0.25, 0.3) is 0 Å². The van der Waals surface area contributed by atoms with Crippen molar-refractivity contribution in [2.24, 2.45) is 5.73 Å². The summed E-state index contributed by atoms with van der Waals surface area (Å²) in [6, 6.07) is 15.4. The minimum Gasteiger partial charge on any atom is -0.367 e. The Morgan fingerprint density at radius 2 is 2.00 bits per heavy atom. The number of nitriles is 1. The zero-order chi connectivity index (χ0) is 13.7. The van der Waals surface area contributed by atoms with Gasteiger partial charge in [0.2, 0.25) is 0 Å². The summed E-state index contributed by atoms with van der Waals surface area (Å²) >= 11 is 0. The van der Waals surface area contributed by atoms with E-state index in [1.54, 1.807) is 6.07 Å². The lowest BCUT2D eigenvalue weighted by atomic mass is 10.1. The number of rotatable bonds is 4. The van der Waals surface area contributed by atoms with E-state index < -0.39 is 0 Å². The molecular formula is C15H16N4. The second-order valence-electron chi connectivity index (χ2n) is 4.36. The van der Waals surface area contributed by atoms with E-state index in [0.717, 1.165) is 11.3 Å². The molecule has 0 spiro atoms. The number of aryl methyl sites for hydroxylation is 1. The molecule has 0 fully saturated rings. The molecule has 19 heavy (non-hydrogen) atoms. The lowest BCUT2D eigenvalue weighted by Crippen LogP contribution is -2.21. The van der Waals surface area contributed by atoms with Crippen molar-refractivity contribution in [2.45, 2.75) is 13.0 Å². The fourth-order valence-corrected chi connectivity index (χ4v) is 1.81. The number of anilines is 1. The van der Waals surface area contributed by atoms with Crippen molar-refractivity contribution in [3.8, 4) is 6.07 Å². The number of hydrogen-bond acceptors (Lipinski definition) is 4. The molecule has 0 bridgehead atoms. The maximum atomic E-state index is 9.03. The van der Waals surface area contributed by atoms with E-state index in [0.29, 0.717) is 17.9 Å². The molecule has 0 aliphatic rings. The van der Waals surface area contributed by atoms with E-state index in [4.69, 9.17) is 11.0 Å². The molecule has 96 valence electrons. The Morgan fingerprint density at radius 3 is 2.68 bits per heavy atom. The first kappa shape index (κ1) is 13.1. The predicted molar refractivity (Wildman–Crippen MR) is 75.5 cm³/mol. The van der Waals surface area contributed by atoms with Crippen LogP contribution in [0.2, 0.25) is 0 Å². The monoisotopic (exact) mass is 252 g/mol. The number of aromatic nitrogens is 1. The highest BCUT2D eigenvalue weighted by Crippen LogP contribution is 2.15. The third-order valence-corrected chi connectivity index (χ3v) is 2.87. The Bertz CT molecular complexity index is 587. The van der Waals surface area contributed by atoms with Crippen molar-refractivity contribution in [1.29, 1.82) is 5.26 Å². The van der Waals surface area contributed by atoms with Gasteiger partial charge in [-0.2, -0.15) is 5.26 Å². The highest BCUT2D eigenvalue weighted by Gasteiger charge is 2.08. The van der Waals surface area contributed by atoms with Crippen molar-refractivity contribution in [3.05, 3.63) is 59.3 Å². The third-order valence-electron chi connectivity index (χ3n) is 2.87. The van der Waals surface area contributed by atoms with Crippen molar-refractivity contribution in [2.75, 3.05) is 11.9 Å². The lowest BCUT2D eigenvalue weighted by Gasteiger charge is -2.14. The fourth-order valence-electron chi connectivity index (χ4n) is 1.81. The smallest absolute Gasteiger partial charge is 0.144 e. The molecular weight excluding hydrogens is 236 g/mol. The summed E-state index contributed by atoms with van der Waals surface area (Å²) in [6.45, 7) is 2.43. The van der Waals surface area contributed by atoms with Crippen molar-refractivity contribution >= 4 is 5.82 Å². The average molecular weight is 252 g/mol. The number of hydrogen-bond donors (Lipinski definition) is 2. The van der Waals surface area contributed by atoms with Gasteiger partial charge in [-0.3, -0.25) is 0 Å². The maximum Gasteiger partial charge on any atom is 0.144 e. The topological polar surface area (TPSA) is 74.7 Å². The lowest BCUT2D eigenvalue weighted by molar-refractivity contribution is 0.761. The van der Waals surface area contributed by atoms with Gasteiger partial charge in [-0.15, -0.1) is 0 Å². The van der Waals surface area contributed by atoms with Gasteiger partial charge in [0.25, 0.3) is 0 Å². The normalized spacial score (nSPS) is 11.6. The fraction of sp³-hybridized carbons (Fsp3) is 0.200. The molecule has 0 saturated heterocycles. The minimum atomic E-state index is -0.130. The Hall–Kier alpha value is -2.38. The van der Waals surface area contributed by atoms with E-state index in [2.05, 4.69) is 16.4 Å². The molecule has 0 aliphatic carbocycles. The summed E-state index contributed by atoms with van der Waals surface area (Å²) in [5.74, 6) is 0.592. The van der Waals surface area contributed by atoms with Gasteiger partial charge in [-0.25, -0.2) is 4.98 Å². The quantitative estimate of drug-likeness (QED) is 0.876. The van der Waals surface area contributed by atoms with Gasteiger partial charge in [0.1, 0.15) is 11.9 Å². The number of pyridine rings is 1. The molecule has 0 amide bonds. The first-order valence-corrected chi connectivity index (χ1v) is 6.13. The van der Waals surface area contributed by atoms with Gasteiger partial charge in [-0.05, 0) is 24.6 Å². The van der Waals surface area contributed by atoms with Crippen LogP contribution in [0.15, 0.2) is 42.5 Å². The van der Waals surface area contributed by atoms with E-state index in [-0.39, 0.29) is 6.04 Å². The maximum absolute atomic E-state index is 9.03. The molecule has 1 heterocycles. The first-order chi connectivity index (χ1) is 9.20. The molecule has 0 aliphatic heterocycles.